The van der Waals surface area contributed by atoms with Crippen LogP contribution < -0.4 is 5.11 Å². The molecule has 0 aromatic rings. The standard InChI is InChI=1S/C34H69NO3/c1-4-5-6-7-8-9-10-11-12-13-14-15-16-17-20-23-26-29-33(36)32-35(2,3)31-28-25-22-19-18-21-24-27-30-34(37)38/h33,36H,4-32H2,1-3H3. The van der Waals surface area contributed by atoms with Crippen molar-refractivity contribution in [2.24, 2.45) is 0 Å². The van der Waals surface area contributed by atoms with E-state index in [0.29, 0.717) is 0 Å². The molecule has 1 unspecified atom stereocenters. The van der Waals surface area contributed by atoms with E-state index in [1.165, 1.54) is 141 Å². The van der Waals surface area contributed by atoms with Gasteiger partial charge >= 0.3 is 0 Å². The van der Waals surface area contributed by atoms with Crippen LogP contribution in [0.25, 0.3) is 0 Å². The smallest absolute Gasteiger partial charge is 0.105 e. The molecule has 0 saturated carbocycles. The summed E-state index contributed by atoms with van der Waals surface area (Å²) < 4.78 is 0.920. The molecule has 0 aliphatic carbocycles. The van der Waals surface area contributed by atoms with E-state index in [4.69, 9.17) is 0 Å². The maximum atomic E-state index is 10.5. The molecular formula is C34H69NO3. The summed E-state index contributed by atoms with van der Waals surface area (Å²) in [6, 6.07) is 0. The minimum atomic E-state index is -0.920. The summed E-state index contributed by atoms with van der Waals surface area (Å²) >= 11 is 0. The first-order chi connectivity index (χ1) is 18.4. The van der Waals surface area contributed by atoms with Gasteiger partial charge in [-0.15, -0.1) is 0 Å². The Labute approximate surface area is 239 Å². The average Bonchev–Trinajstić information content (AvgIpc) is 2.86. The van der Waals surface area contributed by atoms with Crippen molar-refractivity contribution in [1.29, 1.82) is 0 Å². The van der Waals surface area contributed by atoms with E-state index in [9.17, 15) is 15.0 Å². The van der Waals surface area contributed by atoms with Crippen molar-refractivity contribution in [1.82, 2.24) is 0 Å². The summed E-state index contributed by atoms with van der Waals surface area (Å²) in [6.07, 6.45) is 33.8. The first-order valence-corrected chi connectivity index (χ1v) is 17.1. The number of likely N-dealkylation sites (N-methyl/N-ethyl adjacent to an activating group) is 1. The molecule has 0 aliphatic heterocycles. The van der Waals surface area contributed by atoms with Gasteiger partial charge in [0.25, 0.3) is 0 Å². The minimum Gasteiger partial charge on any atom is -0.550 e. The second-order valence-electron chi connectivity index (χ2n) is 12.9. The monoisotopic (exact) mass is 540 g/mol. The van der Waals surface area contributed by atoms with Gasteiger partial charge in [0.05, 0.1) is 20.6 Å². The molecule has 0 spiro atoms. The maximum Gasteiger partial charge on any atom is 0.105 e. The van der Waals surface area contributed by atoms with E-state index in [0.717, 1.165) is 43.3 Å². The van der Waals surface area contributed by atoms with Crippen molar-refractivity contribution in [2.75, 3.05) is 27.2 Å². The largest absolute Gasteiger partial charge is 0.550 e. The van der Waals surface area contributed by atoms with Crippen LogP contribution in [-0.4, -0.2) is 48.8 Å². The number of carbonyl (C=O) groups excluding carboxylic acids is 1. The lowest BCUT2D eigenvalue weighted by Crippen LogP contribution is -2.45. The Hall–Kier alpha value is -0.610. The summed E-state index contributed by atoms with van der Waals surface area (Å²) in [4.78, 5) is 10.4. The Morgan fingerprint density at radius 3 is 1.32 bits per heavy atom. The van der Waals surface area contributed by atoms with Gasteiger partial charge in [0, 0.05) is 5.97 Å². The molecule has 4 nitrogen and oxygen atoms in total. The average molecular weight is 540 g/mol. The third kappa shape index (κ3) is 29.9. The number of carbonyl (C=O) groups is 1. The van der Waals surface area contributed by atoms with Crippen LogP contribution in [0.5, 0.6) is 0 Å². The number of aliphatic hydroxyl groups is 1. The van der Waals surface area contributed by atoms with E-state index in [1.807, 2.05) is 0 Å². The van der Waals surface area contributed by atoms with Gasteiger partial charge in [-0.3, -0.25) is 0 Å². The molecule has 0 rings (SSSR count). The number of aliphatic carboxylic acids is 1. The molecule has 0 aromatic carbocycles. The minimum absolute atomic E-state index is 0.164. The second kappa shape index (κ2) is 27.9. The fourth-order valence-electron chi connectivity index (χ4n) is 5.73. The van der Waals surface area contributed by atoms with Crippen LogP contribution in [0.1, 0.15) is 180 Å². The van der Waals surface area contributed by atoms with Gasteiger partial charge in [-0.05, 0) is 32.1 Å². The number of hydrogen-bond acceptors (Lipinski definition) is 3. The SMILES string of the molecule is CCCCCCCCCCCCCCCCCCCC(O)C[N+](C)(C)CCCCCCCCCCC(=O)[O-]. The highest BCUT2D eigenvalue weighted by Crippen LogP contribution is 2.16. The van der Waals surface area contributed by atoms with Gasteiger partial charge in [0.2, 0.25) is 0 Å². The second-order valence-corrected chi connectivity index (χ2v) is 12.9. The van der Waals surface area contributed by atoms with E-state index in [-0.39, 0.29) is 12.5 Å². The summed E-state index contributed by atoms with van der Waals surface area (Å²) in [5.74, 6) is -0.920. The first kappa shape index (κ1) is 37.4. The molecule has 0 fully saturated rings. The summed E-state index contributed by atoms with van der Waals surface area (Å²) in [5.41, 5.74) is 0. The van der Waals surface area contributed by atoms with Gasteiger partial charge in [0.1, 0.15) is 12.6 Å². The van der Waals surface area contributed by atoms with Crippen molar-refractivity contribution in [3.05, 3.63) is 0 Å². The Morgan fingerprint density at radius 2 is 0.921 bits per heavy atom. The number of rotatable bonds is 31. The normalized spacial score (nSPS) is 12.7. The summed E-state index contributed by atoms with van der Waals surface area (Å²) in [5, 5.41) is 20.9. The van der Waals surface area contributed by atoms with Crippen LogP contribution in [0, 0.1) is 0 Å². The van der Waals surface area contributed by atoms with Gasteiger partial charge in [-0.2, -0.15) is 0 Å². The molecule has 4 heteroatoms. The van der Waals surface area contributed by atoms with E-state index >= 15 is 0 Å². The number of quaternary nitrogens is 1. The van der Waals surface area contributed by atoms with Crippen LogP contribution in [-0.2, 0) is 4.79 Å². The molecule has 38 heavy (non-hydrogen) atoms. The number of unbranched alkanes of at least 4 members (excludes halogenated alkanes) is 23. The summed E-state index contributed by atoms with van der Waals surface area (Å²) in [6.45, 7) is 4.30. The zero-order valence-corrected chi connectivity index (χ0v) is 26.3. The lowest BCUT2D eigenvalue weighted by Gasteiger charge is -2.32. The van der Waals surface area contributed by atoms with Gasteiger partial charge in [0.15, 0.2) is 0 Å². The molecule has 0 aromatic heterocycles. The Morgan fingerprint density at radius 1 is 0.579 bits per heavy atom. The molecule has 0 bridgehead atoms. The first-order valence-electron chi connectivity index (χ1n) is 17.1. The number of nitrogens with zero attached hydrogens (tertiary/aromatic N) is 1. The molecule has 0 radical (unpaired) electrons. The van der Waals surface area contributed by atoms with Gasteiger partial charge in [-0.1, -0.05) is 148 Å². The predicted octanol–water partition coefficient (Wildman–Crippen LogP) is 8.73. The highest BCUT2D eigenvalue weighted by molar-refractivity contribution is 5.64. The van der Waals surface area contributed by atoms with Crippen LogP contribution in [0.3, 0.4) is 0 Å². The zero-order valence-electron chi connectivity index (χ0n) is 26.3. The van der Waals surface area contributed by atoms with Crippen molar-refractivity contribution in [3.63, 3.8) is 0 Å². The molecule has 0 saturated heterocycles. The highest BCUT2D eigenvalue weighted by Gasteiger charge is 2.19. The lowest BCUT2D eigenvalue weighted by atomic mass is 10.0. The Kier molecular flexibility index (Phi) is 27.5. The number of hydrogen-bond donors (Lipinski definition) is 1. The summed E-state index contributed by atoms with van der Waals surface area (Å²) in [7, 11) is 4.52. The Bertz CT molecular complexity index is 494. The topological polar surface area (TPSA) is 60.4 Å². The van der Waals surface area contributed by atoms with Crippen LogP contribution >= 0.6 is 0 Å². The van der Waals surface area contributed by atoms with Gasteiger partial charge in [-0.25, -0.2) is 0 Å². The molecule has 1 N–H and O–H groups in total. The van der Waals surface area contributed by atoms with Gasteiger partial charge < -0.3 is 19.5 Å². The molecule has 1 atom stereocenters. The van der Waals surface area contributed by atoms with Crippen molar-refractivity contribution in [2.45, 2.75) is 186 Å². The molecule has 0 amide bonds. The van der Waals surface area contributed by atoms with Crippen molar-refractivity contribution in [3.8, 4) is 0 Å². The van der Waals surface area contributed by atoms with E-state index in [1.54, 1.807) is 0 Å². The maximum absolute atomic E-state index is 10.5. The number of aliphatic hydroxyl groups excluding tert-OH is 1. The van der Waals surface area contributed by atoms with Crippen molar-refractivity contribution >= 4 is 5.97 Å². The fourth-order valence-corrected chi connectivity index (χ4v) is 5.73. The quantitative estimate of drug-likeness (QED) is 0.0707. The van der Waals surface area contributed by atoms with Crippen LogP contribution in [0.2, 0.25) is 0 Å². The Balaban J connectivity index is 3.40. The third-order valence-corrected chi connectivity index (χ3v) is 8.24. The van der Waals surface area contributed by atoms with E-state index < -0.39 is 5.97 Å². The molecule has 0 heterocycles. The molecule has 228 valence electrons. The van der Waals surface area contributed by atoms with Crippen molar-refractivity contribution < 1.29 is 19.5 Å². The van der Waals surface area contributed by atoms with Crippen LogP contribution in [0.15, 0.2) is 0 Å². The van der Waals surface area contributed by atoms with Crippen LogP contribution in [0.4, 0.5) is 0 Å². The fraction of sp³-hybridized carbons (Fsp3) is 0.971. The van der Waals surface area contributed by atoms with E-state index in [2.05, 4.69) is 21.0 Å². The molecular weight excluding hydrogens is 470 g/mol. The zero-order chi connectivity index (χ0) is 28.2. The highest BCUT2D eigenvalue weighted by atomic mass is 16.4. The number of carboxylic acid groups (broad SMARTS) is 1. The molecule has 0 aliphatic rings. The predicted molar refractivity (Wildman–Crippen MR) is 163 cm³/mol. The number of carboxylic acids is 1. The third-order valence-electron chi connectivity index (χ3n) is 8.24. The lowest BCUT2D eigenvalue weighted by molar-refractivity contribution is -0.893.